The van der Waals surface area contributed by atoms with Crippen LogP contribution in [0.1, 0.15) is 6.92 Å². The molecule has 0 aliphatic heterocycles. The Bertz CT molecular complexity index is 391. The zero-order valence-corrected chi connectivity index (χ0v) is 13.3. The monoisotopic (exact) mass is 415 g/mol. The van der Waals surface area contributed by atoms with Gasteiger partial charge in [-0.2, -0.15) is 0 Å². The molecule has 1 aromatic carbocycles. The van der Waals surface area contributed by atoms with Gasteiger partial charge in [-0.25, -0.2) is 0 Å². The first-order chi connectivity index (χ1) is 7.58. The molecule has 1 rings (SSSR count). The molecule has 0 heterocycles. The number of hydrogen-bond donors (Lipinski definition) is 1. The fraction of sp³-hybridized carbons (Fsp3) is 0.182. The quantitative estimate of drug-likeness (QED) is 0.593. The van der Waals surface area contributed by atoms with Crippen molar-refractivity contribution >= 4 is 59.5 Å². The van der Waals surface area contributed by atoms with E-state index in [1.807, 2.05) is 24.3 Å². The molecule has 0 bridgehead atoms. The average Bonchev–Trinajstić information content (AvgIpc) is 2.25. The van der Waals surface area contributed by atoms with Crippen molar-refractivity contribution in [2.24, 2.45) is 0 Å². The first kappa shape index (κ1) is 14.0. The second-order valence-corrected chi connectivity index (χ2v) is 6.85. The van der Waals surface area contributed by atoms with E-state index in [0.717, 1.165) is 8.60 Å². The third kappa shape index (κ3) is 5.89. The van der Waals surface area contributed by atoms with E-state index >= 15 is 0 Å². The van der Waals surface area contributed by atoms with Crippen LogP contribution in [0.2, 0.25) is 5.02 Å². The first-order valence-electron chi connectivity index (χ1n) is 4.59. The van der Waals surface area contributed by atoms with Crippen LogP contribution in [0.15, 0.2) is 32.8 Å². The fourth-order valence-corrected chi connectivity index (χ4v) is 3.22. The van der Waals surface area contributed by atoms with Crippen LogP contribution in [0, 0.1) is 0 Å². The van der Waals surface area contributed by atoms with Crippen molar-refractivity contribution in [1.82, 2.24) is 5.32 Å². The standard InChI is InChI=1S/C11H11ClINOSe/c1-8(15)14-6-10(13)7-16-11-4-2-9(12)3-5-11/h2-5,7H,6H2,1H3,(H,14,15)/b10-7-. The first-order valence-corrected chi connectivity index (χ1v) is 7.89. The Morgan fingerprint density at radius 1 is 1.50 bits per heavy atom. The fourth-order valence-electron chi connectivity index (χ4n) is 0.896. The molecule has 0 aliphatic carbocycles. The number of benzene rings is 1. The molecule has 0 unspecified atom stereocenters. The van der Waals surface area contributed by atoms with Crippen molar-refractivity contribution in [3.05, 3.63) is 37.8 Å². The van der Waals surface area contributed by atoms with Gasteiger partial charge in [0.1, 0.15) is 0 Å². The number of halogens is 2. The van der Waals surface area contributed by atoms with E-state index in [4.69, 9.17) is 11.6 Å². The van der Waals surface area contributed by atoms with Crippen molar-refractivity contribution in [3.63, 3.8) is 0 Å². The Balaban J connectivity index is 2.45. The summed E-state index contributed by atoms with van der Waals surface area (Å²) in [6.45, 7) is 2.14. The summed E-state index contributed by atoms with van der Waals surface area (Å²) in [5.74, 6) is 0.00144. The second-order valence-electron chi connectivity index (χ2n) is 3.05. The Kier molecular flexibility index (Phi) is 6.42. The molecule has 1 amide bonds. The summed E-state index contributed by atoms with van der Waals surface area (Å²) in [5.41, 5.74) is 0. The van der Waals surface area contributed by atoms with Crippen LogP contribution in [-0.4, -0.2) is 27.4 Å². The topological polar surface area (TPSA) is 29.1 Å². The Labute approximate surface area is 120 Å². The molecule has 5 heteroatoms. The maximum absolute atomic E-state index is 10.7. The van der Waals surface area contributed by atoms with Gasteiger partial charge in [-0.1, -0.05) is 0 Å². The molecule has 16 heavy (non-hydrogen) atoms. The van der Waals surface area contributed by atoms with Gasteiger partial charge in [-0.15, -0.1) is 0 Å². The number of carbonyl (C=O) groups excluding carboxylic acids is 1. The van der Waals surface area contributed by atoms with Gasteiger partial charge in [0.25, 0.3) is 0 Å². The van der Waals surface area contributed by atoms with Gasteiger partial charge < -0.3 is 0 Å². The summed E-state index contributed by atoms with van der Waals surface area (Å²) in [6.07, 6.45) is 0. The van der Waals surface area contributed by atoms with Gasteiger partial charge in [0.2, 0.25) is 0 Å². The van der Waals surface area contributed by atoms with Crippen LogP contribution in [0.4, 0.5) is 0 Å². The van der Waals surface area contributed by atoms with Crippen LogP contribution < -0.4 is 9.78 Å². The molecular weight excluding hydrogens is 403 g/mol. The van der Waals surface area contributed by atoms with Crippen LogP contribution in [0.5, 0.6) is 0 Å². The van der Waals surface area contributed by atoms with Crippen LogP contribution in [0.25, 0.3) is 0 Å². The molecule has 86 valence electrons. The second kappa shape index (κ2) is 7.33. The van der Waals surface area contributed by atoms with Crippen molar-refractivity contribution < 1.29 is 4.79 Å². The zero-order valence-electron chi connectivity index (χ0n) is 8.67. The summed E-state index contributed by atoms with van der Waals surface area (Å²) in [6, 6.07) is 7.85. The van der Waals surface area contributed by atoms with E-state index < -0.39 is 0 Å². The molecule has 0 spiro atoms. The summed E-state index contributed by atoms with van der Waals surface area (Å²) >= 11 is 8.34. The van der Waals surface area contributed by atoms with Crippen LogP contribution in [0.3, 0.4) is 0 Å². The van der Waals surface area contributed by atoms with Gasteiger partial charge in [0, 0.05) is 0 Å². The molecule has 0 atom stereocenters. The van der Waals surface area contributed by atoms with Gasteiger partial charge >= 0.3 is 121 Å². The van der Waals surface area contributed by atoms with E-state index in [1.165, 1.54) is 11.4 Å². The van der Waals surface area contributed by atoms with Gasteiger partial charge in [0.05, 0.1) is 0 Å². The van der Waals surface area contributed by atoms with Crippen LogP contribution >= 0.6 is 34.2 Å². The number of rotatable bonds is 4. The molecule has 0 aromatic heterocycles. The van der Waals surface area contributed by atoms with E-state index in [2.05, 4.69) is 32.9 Å². The predicted octanol–water partition coefficient (Wildman–Crippen LogP) is 2.08. The number of nitrogens with one attached hydrogen (secondary N) is 1. The van der Waals surface area contributed by atoms with Gasteiger partial charge in [-0.3, -0.25) is 0 Å². The molecular formula is C11H11ClINOSe. The zero-order chi connectivity index (χ0) is 12.0. The number of amides is 1. The molecule has 1 aromatic rings. The van der Waals surface area contributed by atoms with Crippen molar-refractivity contribution in [2.45, 2.75) is 6.92 Å². The Hall–Kier alpha value is -0.0305. The predicted molar refractivity (Wildman–Crippen MR) is 77.6 cm³/mol. The SMILES string of the molecule is CC(=O)NC/C(I)=C/[Se]c1ccc(Cl)cc1. The normalized spacial score (nSPS) is 11.3. The minimum atomic E-state index is 0.00144. The van der Waals surface area contributed by atoms with E-state index in [1.54, 1.807) is 0 Å². The molecule has 1 N–H and O–H groups in total. The summed E-state index contributed by atoms with van der Waals surface area (Å²) < 4.78 is 2.43. The van der Waals surface area contributed by atoms with Gasteiger partial charge in [0.15, 0.2) is 0 Å². The Morgan fingerprint density at radius 3 is 2.69 bits per heavy atom. The molecule has 2 nitrogen and oxygen atoms in total. The third-order valence-electron chi connectivity index (χ3n) is 1.64. The number of hydrogen-bond acceptors (Lipinski definition) is 1. The third-order valence-corrected chi connectivity index (χ3v) is 5.52. The Morgan fingerprint density at radius 2 is 2.12 bits per heavy atom. The summed E-state index contributed by atoms with van der Waals surface area (Å²) in [5, 5.41) is 3.53. The summed E-state index contributed by atoms with van der Waals surface area (Å²) in [4.78, 5) is 12.9. The maximum atomic E-state index is 10.7. The van der Waals surface area contributed by atoms with Crippen molar-refractivity contribution in [1.29, 1.82) is 0 Å². The van der Waals surface area contributed by atoms with Gasteiger partial charge in [-0.05, 0) is 0 Å². The van der Waals surface area contributed by atoms with E-state index in [-0.39, 0.29) is 5.91 Å². The summed E-state index contributed by atoms with van der Waals surface area (Å²) in [7, 11) is 0. The van der Waals surface area contributed by atoms with Crippen molar-refractivity contribution in [3.8, 4) is 0 Å². The van der Waals surface area contributed by atoms with E-state index in [9.17, 15) is 4.79 Å². The minimum absolute atomic E-state index is 0.00144. The molecule has 0 radical (unpaired) electrons. The molecule has 0 fully saturated rings. The van der Waals surface area contributed by atoms with Crippen LogP contribution in [-0.2, 0) is 4.79 Å². The molecule has 0 saturated carbocycles. The van der Waals surface area contributed by atoms with Crippen molar-refractivity contribution in [2.75, 3.05) is 6.54 Å². The van der Waals surface area contributed by atoms with E-state index in [0.29, 0.717) is 21.5 Å². The average molecular weight is 415 g/mol. The number of carbonyl (C=O) groups is 1. The molecule has 0 saturated heterocycles. The molecule has 0 aliphatic rings.